The summed E-state index contributed by atoms with van der Waals surface area (Å²) in [7, 11) is 0. The summed E-state index contributed by atoms with van der Waals surface area (Å²) in [4.78, 5) is 21.4. The second-order valence-corrected chi connectivity index (χ2v) is 3.80. The lowest BCUT2D eigenvalue weighted by Gasteiger charge is -2.12. The number of carbonyl (C=O) groups is 2. The van der Waals surface area contributed by atoms with Gasteiger partial charge in [-0.1, -0.05) is 0 Å². The van der Waals surface area contributed by atoms with Crippen molar-refractivity contribution in [2.75, 3.05) is 0 Å². The predicted octanol–water partition coefficient (Wildman–Crippen LogP) is 2.53. The fourth-order valence-electron chi connectivity index (χ4n) is 1.44. The van der Waals surface area contributed by atoms with Gasteiger partial charge in [-0.25, -0.2) is 0 Å². The number of alkyl halides is 3. The Labute approximate surface area is 111 Å². The van der Waals surface area contributed by atoms with Gasteiger partial charge in [-0.15, -0.1) is 13.2 Å². The Bertz CT molecular complexity index is 510. The average Bonchev–Trinajstić information content (AvgIpc) is 2.26. The van der Waals surface area contributed by atoms with Crippen LogP contribution in [0.5, 0.6) is 11.5 Å². The molecule has 5 nitrogen and oxygen atoms in total. The molecule has 0 aliphatic carbocycles. The normalized spacial score (nSPS) is 11.0. The summed E-state index contributed by atoms with van der Waals surface area (Å²) in [6, 6.07) is 3.10. The first-order valence-corrected chi connectivity index (χ1v) is 5.46. The molecule has 0 aliphatic heterocycles. The van der Waals surface area contributed by atoms with Crippen LogP contribution in [0, 0.1) is 0 Å². The molecule has 1 N–H and O–H groups in total. The molecule has 1 aromatic rings. The van der Waals surface area contributed by atoms with Gasteiger partial charge in [-0.05, 0) is 30.2 Å². The number of aryl methyl sites for hydroxylation is 1. The van der Waals surface area contributed by atoms with E-state index in [1.807, 2.05) is 0 Å². The highest BCUT2D eigenvalue weighted by Gasteiger charge is 2.31. The zero-order valence-corrected chi connectivity index (χ0v) is 10.4. The number of carboxylic acid groups (broad SMARTS) is 1. The van der Waals surface area contributed by atoms with E-state index in [1.165, 1.54) is 0 Å². The molecule has 110 valence electrons. The standard InChI is InChI=1S/C12H11F3O5/c1-7(16)19-10-4-3-9(20-12(13,14)15)6-8(10)2-5-11(17)18/h3-4,6H,2,5H2,1H3,(H,17,18). The number of halogens is 3. The topological polar surface area (TPSA) is 72.8 Å². The van der Waals surface area contributed by atoms with E-state index >= 15 is 0 Å². The number of ether oxygens (including phenoxy) is 2. The van der Waals surface area contributed by atoms with Gasteiger partial charge in [0.25, 0.3) is 0 Å². The van der Waals surface area contributed by atoms with Crippen molar-refractivity contribution in [3.8, 4) is 11.5 Å². The third-order valence-corrected chi connectivity index (χ3v) is 2.13. The van der Waals surface area contributed by atoms with Crippen molar-refractivity contribution in [3.63, 3.8) is 0 Å². The monoisotopic (exact) mass is 292 g/mol. The summed E-state index contributed by atoms with van der Waals surface area (Å²) in [6.07, 6.45) is -5.26. The molecule has 0 saturated heterocycles. The molecule has 0 unspecified atom stereocenters. The van der Waals surface area contributed by atoms with Crippen LogP contribution in [0.3, 0.4) is 0 Å². The largest absolute Gasteiger partial charge is 0.573 e. The number of aliphatic carboxylic acids is 1. The van der Waals surface area contributed by atoms with Crippen molar-refractivity contribution >= 4 is 11.9 Å². The summed E-state index contributed by atoms with van der Waals surface area (Å²) >= 11 is 0. The van der Waals surface area contributed by atoms with E-state index in [2.05, 4.69) is 4.74 Å². The van der Waals surface area contributed by atoms with Crippen LogP contribution < -0.4 is 9.47 Å². The lowest BCUT2D eigenvalue weighted by molar-refractivity contribution is -0.274. The summed E-state index contributed by atoms with van der Waals surface area (Å²) in [6.45, 7) is 1.13. The first-order valence-electron chi connectivity index (χ1n) is 5.46. The summed E-state index contributed by atoms with van der Waals surface area (Å²) in [5.74, 6) is -2.28. The Balaban J connectivity index is 3.00. The van der Waals surface area contributed by atoms with Gasteiger partial charge in [0.1, 0.15) is 11.5 Å². The Kier molecular flexibility index (Phi) is 4.95. The van der Waals surface area contributed by atoms with Crippen LogP contribution in [0.4, 0.5) is 13.2 Å². The van der Waals surface area contributed by atoms with Crippen molar-refractivity contribution in [3.05, 3.63) is 23.8 Å². The average molecular weight is 292 g/mol. The maximum absolute atomic E-state index is 12.1. The summed E-state index contributed by atoms with van der Waals surface area (Å²) in [5.41, 5.74) is 0.143. The van der Waals surface area contributed by atoms with Crippen LogP contribution in [0.2, 0.25) is 0 Å². The zero-order valence-electron chi connectivity index (χ0n) is 10.4. The number of carboxylic acids is 1. The van der Waals surface area contributed by atoms with Gasteiger partial charge in [-0.2, -0.15) is 0 Å². The van der Waals surface area contributed by atoms with Crippen LogP contribution in [-0.4, -0.2) is 23.4 Å². The smallest absolute Gasteiger partial charge is 0.481 e. The highest BCUT2D eigenvalue weighted by molar-refractivity contribution is 5.70. The van der Waals surface area contributed by atoms with E-state index in [1.54, 1.807) is 0 Å². The highest BCUT2D eigenvalue weighted by Crippen LogP contribution is 2.29. The van der Waals surface area contributed by atoms with E-state index in [0.717, 1.165) is 25.1 Å². The van der Waals surface area contributed by atoms with E-state index in [9.17, 15) is 22.8 Å². The molecule has 1 aromatic carbocycles. The molecule has 0 aliphatic rings. The van der Waals surface area contributed by atoms with E-state index in [-0.39, 0.29) is 24.2 Å². The highest BCUT2D eigenvalue weighted by atomic mass is 19.4. The Morgan fingerprint density at radius 3 is 2.45 bits per heavy atom. The number of rotatable bonds is 5. The third-order valence-electron chi connectivity index (χ3n) is 2.13. The quantitative estimate of drug-likeness (QED) is 0.667. The lowest BCUT2D eigenvalue weighted by atomic mass is 10.1. The molecule has 0 radical (unpaired) electrons. The number of hydrogen-bond donors (Lipinski definition) is 1. The molecule has 0 spiro atoms. The first-order chi connectivity index (χ1) is 9.17. The van der Waals surface area contributed by atoms with Crippen molar-refractivity contribution in [2.24, 2.45) is 0 Å². The molecule has 8 heteroatoms. The van der Waals surface area contributed by atoms with Crippen LogP contribution >= 0.6 is 0 Å². The van der Waals surface area contributed by atoms with Crippen molar-refractivity contribution < 1.29 is 37.3 Å². The number of benzene rings is 1. The van der Waals surface area contributed by atoms with Gasteiger partial charge in [-0.3, -0.25) is 9.59 Å². The predicted molar refractivity (Wildman–Crippen MR) is 60.4 cm³/mol. The number of hydrogen-bond acceptors (Lipinski definition) is 4. The van der Waals surface area contributed by atoms with Crippen LogP contribution in [0.1, 0.15) is 18.9 Å². The number of esters is 1. The molecule has 0 saturated carbocycles. The van der Waals surface area contributed by atoms with E-state index in [4.69, 9.17) is 9.84 Å². The fourth-order valence-corrected chi connectivity index (χ4v) is 1.44. The Morgan fingerprint density at radius 2 is 1.95 bits per heavy atom. The molecule has 0 bridgehead atoms. The van der Waals surface area contributed by atoms with Crippen molar-refractivity contribution in [1.29, 1.82) is 0 Å². The summed E-state index contributed by atoms with van der Waals surface area (Å²) < 4.78 is 44.8. The van der Waals surface area contributed by atoms with Gasteiger partial charge in [0.05, 0.1) is 0 Å². The molecule has 1 rings (SSSR count). The molecule has 0 fully saturated rings. The van der Waals surface area contributed by atoms with Gasteiger partial charge in [0.15, 0.2) is 0 Å². The van der Waals surface area contributed by atoms with Crippen molar-refractivity contribution in [1.82, 2.24) is 0 Å². The van der Waals surface area contributed by atoms with Crippen LogP contribution in [0.25, 0.3) is 0 Å². The molecular formula is C12H11F3O5. The zero-order chi connectivity index (χ0) is 15.3. The second-order valence-electron chi connectivity index (χ2n) is 3.80. The fraction of sp³-hybridized carbons (Fsp3) is 0.333. The molecule has 0 amide bonds. The maximum atomic E-state index is 12.1. The van der Waals surface area contributed by atoms with Crippen LogP contribution in [0.15, 0.2) is 18.2 Å². The van der Waals surface area contributed by atoms with Crippen molar-refractivity contribution in [2.45, 2.75) is 26.1 Å². The SMILES string of the molecule is CC(=O)Oc1ccc(OC(F)(F)F)cc1CCC(=O)O. The van der Waals surface area contributed by atoms with Gasteiger partial charge >= 0.3 is 18.3 Å². The molecule has 0 heterocycles. The van der Waals surface area contributed by atoms with Gasteiger partial charge in [0.2, 0.25) is 0 Å². The minimum absolute atomic E-state index is 0.00766. The van der Waals surface area contributed by atoms with Gasteiger partial charge in [0, 0.05) is 13.3 Å². The minimum Gasteiger partial charge on any atom is -0.481 e. The summed E-state index contributed by atoms with van der Waals surface area (Å²) in [5, 5.41) is 8.58. The first kappa shape index (κ1) is 15.8. The van der Waals surface area contributed by atoms with E-state index < -0.39 is 24.1 Å². The second kappa shape index (κ2) is 6.27. The maximum Gasteiger partial charge on any atom is 0.573 e. The Morgan fingerprint density at radius 1 is 1.30 bits per heavy atom. The minimum atomic E-state index is -4.85. The Hall–Kier alpha value is -2.25. The lowest BCUT2D eigenvalue weighted by Crippen LogP contribution is -2.17. The molecule has 0 atom stereocenters. The molecule has 0 aromatic heterocycles. The molecular weight excluding hydrogens is 281 g/mol. The molecule has 20 heavy (non-hydrogen) atoms. The van der Waals surface area contributed by atoms with Crippen LogP contribution in [-0.2, 0) is 16.0 Å². The van der Waals surface area contributed by atoms with Gasteiger partial charge < -0.3 is 14.6 Å². The third kappa shape index (κ3) is 5.59. The van der Waals surface area contributed by atoms with E-state index in [0.29, 0.717) is 0 Å². The number of carbonyl (C=O) groups excluding carboxylic acids is 1.